The van der Waals surface area contributed by atoms with E-state index in [1.807, 2.05) is 0 Å². The number of rotatable bonds is 7. The lowest BCUT2D eigenvalue weighted by molar-refractivity contribution is -0.116. The number of ether oxygens (including phenoxy) is 1. The fourth-order valence-corrected chi connectivity index (χ4v) is 1.68. The molecule has 0 aliphatic rings. The van der Waals surface area contributed by atoms with Crippen molar-refractivity contribution in [1.82, 2.24) is 0 Å². The van der Waals surface area contributed by atoms with Crippen molar-refractivity contribution in [3.63, 3.8) is 0 Å². The zero-order chi connectivity index (χ0) is 15.0. The molecule has 0 saturated carbocycles. The first-order valence-corrected chi connectivity index (χ1v) is 6.23. The highest BCUT2D eigenvalue weighted by Gasteiger charge is 2.12. The largest absolute Gasteiger partial charge is 0.496 e. The third-order valence-corrected chi connectivity index (χ3v) is 2.69. The molecule has 0 spiro atoms. The van der Waals surface area contributed by atoms with Crippen LogP contribution in [0, 0.1) is 12.3 Å². The number of hydrogen-bond donors (Lipinski definition) is 2. The van der Waals surface area contributed by atoms with E-state index in [1.165, 1.54) is 25.3 Å². The molecule has 1 rings (SSSR count). The number of anilines is 1. The van der Waals surface area contributed by atoms with Crippen molar-refractivity contribution in [2.45, 2.75) is 25.7 Å². The van der Waals surface area contributed by atoms with Crippen LogP contribution in [-0.2, 0) is 4.79 Å². The van der Waals surface area contributed by atoms with Gasteiger partial charge in [0.1, 0.15) is 11.3 Å². The molecular formula is C15H17NO4. The number of benzene rings is 1. The number of terminal acetylenes is 1. The van der Waals surface area contributed by atoms with E-state index in [1.54, 1.807) is 0 Å². The van der Waals surface area contributed by atoms with Gasteiger partial charge in [-0.3, -0.25) is 4.79 Å². The average Bonchev–Trinajstić information content (AvgIpc) is 2.43. The Balaban J connectivity index is 2.62. The van der Waals surface area contributed by atoms with E-state index in [0.717, 1.165) is 12.8 Å². The number of carboxylic acid groups (broad SMARTS) is 1. The van der Waals surface area contributed by atoms with Crippen molar-refractivity contribution in [2.75, 3.05) is 12.4 Å². The molecule has 1 amide bonds. The first-order valence-electron chi connectivity index (χ1n) is 6.23. The minimum atomic E-state index is -1.07. The summed E-state index contributed by atoms with van der Waals surface area (Å²) in [5.74, 6) is 1.52. The van der Waals surface area contributed by atoms with Gasteiger partial charge in [0.2, 0.25) is 5.91 Å². The van der Waals surface area contributed by atoms with Crippen molar-refractivity contribution >= 4 is 17.6 Å². The molecule has 0 aliphatic carbocycles. The normalized spacial score (nSPS) is 9.60. The molecule has 0 radical (unpaired) electrons. The molecule has 0 bridgehead atoms. The number of carbonyl (C=O) groups excluding carboxylic acids is 1. The second kappa shape index (κ2) is 7.85. The molecule has 0 saturated heterocycles. The lowest BCUT2D eigenvalue weighted by atomic mass is 10.1. The summed E-state index contributed by atoms with van der Waals surface area (Å²) in [5, 5.41) is 11.6. The van der Waals surface area contributed by atoms with Crippen LogP contribution >= 0.6 is 0 Å². The highest BCUT2D eigenvalue weighted by Crippen LogP contribution is 2.23. The number of carboxylic acids is 1. The zero-order valence-corrected chi connectivity index (χ0v) is 11.3. The summed E-state index contributed by atoms with van der Waals surface area (Å²) in [6.07, 6.45) is 7.70. The number of aromatic carboxylic acids is 1. The van der Waals surface area contributed by atoms with E-state index in [4.69, 9.17) is 16.3 Å². The van der Waals surface area contributed by atoms with Crippen molar-refractivity contribution < 1.29 is 19.4 Å². The van der Waals surface area contributed by atoms with Crippen LogP contribution in [0.2, 0.25) is 0 Å². The Morgan fingerprint density at radius 2 is 2.15 bits per heavy atom. The van der Waals surface area contributed by atoms with E-state index in [9.17, 15) is 9.59 Å². The third-order valence-electron chi connectivity index (χ3n) is 2.69. The number of amides is 1. The topological polar surface area (TPSA) is 75.6 Å². The molecule has 5 nitrogen and oxygen atoms in total. The third kappa shape index (κ3) is 4.65. The fraction of sp³-hybridized carbons (Fsp3) is 0.333. The molecule has 0 aromatic heterocycles. The van der Waals surface area contributed by atoms with Gasteiger partial charge in [-0.25, -0.2) is 4.79 Å². The van der Waals surface area contributed by atoms with E-state index >= 15 is 0 Å². The van der Waals surface area contributed by atoms with Crippen molar-refractivity contribution in [1.29, 1.82) is 0 Å². The highest BCUT2D eigenvalue weighted by atomic mass is 16.5. The highest BCUT2D eigenvalue weighted by molar-refractivity contribution is 5.94. The smallest absolute Gasteiger partial charge is 0.339 e. The minimum Gasteiger partial charge on any atom is -0.496 e. The van der Waals surface area contributed by atoms with Gasteiger partial charge in [-0.05, 0) is 25.0 Å². The van der Waals surface area contributed by atoms with E-state index < -0.39 is 5.97 Å². The minimum absolute atomic E-state index is 0.0551. The first-order chi connectivity index (χ1) is 9.58. The van der Waals surface area contributed by atoms with Gasteiger partial charge in [0.05, 0.1) is 7.11 Å². The number of carbonyl (C=O) groups is 2. The van der Waals surface area contributed by atoms with Crippen molar-refractivity contribution in [3.8, 4) is 18.1 Å². The Morgan fingerprint density at radius 3 is 2.75 bits per heavy atom. The summed E-state index contributed by atoms with van der Waals surface area (Å²) in [6.45, 7) is 0. The van der Waals surface area contributed by atoms with Crippen molar-refractivity contribution in [3.05, 3.63) is 23.8 Å². The molecule has 0 fully saturated rings. The molecular weight excluding hydrogens is 258 g/mol. The maximum absolute atomic E-state index is 11.7. The van der Waals surface area contributed by atoms with Crippen LogP contribution in [0.25, 0.3) is 0 Å². The van der Waals surface area contributed by atoms with Gasteiger partial charge >= 0.3 is 5.97 Å². The molecule has 0 heterocycles. The summed E-state index contributed by atoms with van der Waals surface area (Å²) in [7, 11) is 1.38. The van der Waals surface area contributed by atoms with Crippen LogP contribution < -0.4 is 10.1 Å². The summed E-state index contributed by atoms with van der Waals surface area (Å²) in [6, 6.07) is 4.42. The molecule has 106 valence electrons. The maximum Gasteiger partial charge on any atom is 0.339 e. The van der Waals surface area contributed by atoms with Crippen LogP contribution in [0.15, 0.2) is 18.2 Å². The Kier molecular flexibility index (Phi) is 6.11. The molecule has 2 N–H and O–H groups in total. The Bertz CT molecular complexity index is 531. The van der Waals surface area contributed by atoms with Crippen LogP contribution in [0.5, 0.6) is 5.75 Å². The van der Waals surface area contributed by atoms with E-state index in [0.29, 0.717) is 18.5 Å². The van der Waals surface area contributed by atoms with Gasteiger partial charge in [-0.2, -0.15) is 0 Å². The molecule has 5 heteroatoms. The van der Waals surface area contributed by atoms with Crippen LogP contribution in [0.3, 0.4) is 0 Å². The SMILES string of the molecule is C#CCCCCC(=O)Nc1ccc(C(=O)O)c(OC)c1. The number of methoxy groups -OCH3 is 1. The lowest BCUT2D eigenvalue weighted by Crippen LogP contribution is -2.11. The predicted octanol–water partition coefficient (Wildman–Crippen LogP) is 2.53. The molecule has 0 atom stereocenters. The lowest BCUT2D eigenvalue weighted by Gasteiger charge is -2.09. The van der Waals surface area contributed by atoms with Crippen molar-refractivity contribution in [2.24, 2.45) is 0 Å². The van der Waals surface area contributed by atoms with Gasteiger partial charge in [0.15, 0.2) is 0 Å². The second-order valence-electron chi connectivity index (χ2n) is 4.18. The van der Waals surface area contributed by atoms with Gasteiger partial charge in [-0.1, -0.05) is 0 Å². The summed E-state index contributed by atoms with van der Waals surface area (Å²) in [5.41, 5.74) is 0.563. The van der Waals surface area contributed by atoms with Crippen LogP contribution in [-0.4, -0.2) is 24.1 Å². The quantitative estimate of drug-likeness (QED) is 0.592. The van der Waals surface area contributed by atoms with Gasteiger partial charge in [0.25, 0.3) is 0 Å². The number of nitrogens with one attached hydrogen (secondary N) is 1. The van der Waals surface area contributed by atoms with Crippen LogP contribution in [0.1, 0.15) is 36.0 Å². The summed E-state index contributed by atoms with van der Waals surface area (Å²) >= 11 is 0. The first kappa shape index (κ1) is 15.6. The molecule has 0 unspecified atom stereocenters. The molecule has 1 aromatic carbocycles. The van der Waals surface area contributed by atoms with Gasteiger partial charge < -0.3 is 15.2 Å². The number of unbranched alkanes of at least 4 members (excludes halogenated alkanes) is 2. The predicted molar refractivity (Wildman–Crippen MR) is 75.9 cm³/mol. The Hall–Kier alpha value is -2.48. The maximum atomic E-state index is 11.7. The summed E-state index contributed by atoms with van der Waals surface area (Å²) in [4.78, 5) is 22.6. The van der Waals surface area contributed by atoms with Crippen LogP contribution in [0.4, 0.5) is 5.69 Å². The fourth-order valence-electron chi connectivity index (χ4n) is 1.68. The zero-order valence-electron chi connectivity index (χ0n) is 11.3. The number of hydrogen-bond acceptors (Lipinski definition) is 3. The van der Waals surface area contributed by atoms with E-state index in [2.05, 4.69) is 11.2 Å². The summed E-state index contributed by atoms with van der Waals surface area (Å²) < 4.78 is 4.99. The van der Waals surface area contributed by atoms with Gasteiger partial charge in [-0.15, -0.1) is 12.3 Å². The average molecular weight is 275 g/mol. The molecule has 0 aliphatic heterocycles. The Morgan fingerprint density at radius 1 is 1.40 bits per heavy atom. The molecule has 1 aromatic rings. The van der Waals surface area contributed by atoms with Gasteiger partial charge in [0, 0.05) is 24.6 Å². The van der Waals surface area contributed by atoms with E-state index in [-0.39, 0.29) is 17.2 Å². The monoisotopic (exact) mass is 275 g/mol. The standard InChI is InChI=1S/C15H17NO4/c1-3-4-5-6-7-14(17)16-11-8-9-12(15(18)19)13(10-11)20-2/h1,8-10H,4-7H2,2H3,(H,16,17)(H,18,19). The second-order valence-corrected chi connectivity index (χ2v) is 4.18. The Labute approximate surface area is 117 Å². The molecule has 20 heavy (non-hydrogen) atoms.